The number of hydrogen-bond acceptors (Lipinski definition) is 6. The Kier molecular flexibility index (Phi) is 9.70. The van der Waals surface area contributed by atoms with Crippen LogP contribution in [0.5, 0.6) is 0 Å². The lowest BCUT2D eigenvalue weighted by Crippen LogP contribution is -2.10. The maximum atomic E-state index is 2.47. The molecule has 0 N–H and O–H groups in total. The van der Waals surface area contributed by atoms with E-state index in [1.165, 1.54) is 103 Å². The van der Waals surface area contributed by atoms with Crippen LogP contribution in [0.3, 0.4) is 0 Å². The first-order valence-corrected chi connectivity index (χ1v) is 27.5. The van der Waals surface area contributed by atoms with Crippen molar-refractivity contribution in [2.24, 2.45) is 0 Å². The monoisotopic (exact) mass is 988 g/mol. The summed E-state index contributed by atoms with van der Waals surface area (Å²) in [4.78, 5) is 4.84. The highest BCUT2D eigenvalue weighted by Crippen LogP contribution is 2.50. The van der Waals surface area contributed by atoms with Crippen molar-refractivity contribution in [3.63, 3.8) is 0 Å². The average Bonchev–Trinajstić information content (AvgIpc) is 4.21. The lowest BCUT2D eigenvalue weighted by Gasteiger charge is -2.26. The van der Waals surface area contributed by atoms with Gasteiger partial charge in [0.05, 0.1) is 0 Å². The Morgan fingerprint density at radius 2 is 0.542 bits per heavy atom. The van der Waals surface area contributed by atoms with E-state index in [0.717, 1.165) is 34.1 Å². The molecule has 0 saturated heterocycles. The molecule has 0 bridgehead atoms. The molecule has 0 aliphatic heterocycles. The van der Waals surface area contributed by atoms with E-state index in [1.807, 2.05) is 45.3 Å². The van der Waals surface area contributed by atoms with Crippen LogP contribution in [0, 0.1) is 0 Å². The van der Waals surface area contributed by atoms with Gasteiger partial charge >= 0.3 is 0 Å². The second kappa shape index (κ2) is 16.8. The van der Waals surface area contributed by atoms with Gasteiger partial charge in [-0.25, -0.2) is 0 Å². The van der Waals surface area contributed by atoms with E-state index in [0.29, 0.717) is 0 Å². The molecule has 15 rings (SSSR count). The molecule has 0 fully saturated rings. The number of hydrogen-bond donors (Lipinski definition) is 0. The minimum absolute atomic E-state index is 1.13. The minimum atomic E-state index is 1.13. The van der Waals surface area contributed by atoms with Crippen LogP contribution in [0.25, 0.3) is 103 Å². The summed E-state index contributed by atoms with van der Waals surface area (Å²) in [7, 11) is 0. The van der Waals surface area contributed by atoms with Gasteiger partial charge in [-0.1, -0.05) is 121 Å². The molecule has 2 nitrogen and oxygen atoms in total. The molecule has 0 spiro atoms. The third-order valence-corrected chi connectivity index (χ3v) is 18.9. The molecule has 0 saturated carbocycles. The smallest absolute Gasteiger partial charge is 0.0475 e. The van der Waals surface area contributed by atoms with Gasteiger partial charge in [-0.3, -0.25) is 0 Å². The number of para-hydroxylation sites is 3. The van der Waals surface area contributed by atoms with E-state index in [-0.39, 0.29) is 0 Å². The van der Waals surface area contributed by atoms with Crippen LogP contribution in [-0.4, -0.2) is 0 Å². The largest absolute Gasteiger partial charge is 0.310 e. The molecule has 0 aliphatic carbocycles. The van der Waals surface area contributed by atoms with Gasteiger partial charge in [0.15, 0.2) is 0 Å². The Morgan fingerprint density at radius 1 is 0.208 bits per heavy atom. The van der Waals surface area contributed by atoms with Gasteiger partial charge in [0.1, 0.15) is 0 Å². The molecular weight excluding hydrogens is 949 g/mol. The first-order valence-electron chi connectivity index (χ1n) is 24.2. The summed E-state index contributed by atoms with van der Waals surface area (Å²) in [5, 5.41) is 10.3. The molecular formula is C66H40N2S4. The molecule has 338 valence electrons. The molecule has 0 aliphatic rings. The quantitative estimate of drug-likeness (QED) is 0.150. The fourth-order valence-electron chi connectivity index (χ4n) is 10.9. The Bertz CT molecular complexity index is 4540. The number of fused-ring (bicyclic) bond motifs is 12. The Hall–Kier alpha value is -8.10. The van der Waals surface area contributed by atoms with Crippen LogP contribution in [0.15, 0.2) is 243 Å². The summed E-state index contributed by atoms with van der Waals surface area (Å²) in [5.41, 5.74) is 11.7. The van der Waals surface area contributed by atoms with Crippen molar-refractivity contribution in [2.75, 3.05) is 9.80 Å². The Balaban J connectivity index is 0.932. The highest BCUT2D eigenvalue weighted by molar-refractivity contribution is 7.27. The van der Waals surface area contributed by atoms with Crippen molar-refractivity contribution >= 4 is 160 Å². The lowest BCUT2D eigenvalue weighted by molar-refractivity contribution is 1.29. The van der Waals surface area contributed by atoms with E-state index in [4.69, 9.17) is 0 Å². The zero-order valence-electron chi connectivity index (χ0n) is 38.6. The summed E-state index contributed by atoms with van der Waals surface area (Å²) in [6.07, 6.45) is 0. The summed E-state index contributed by atoms with van der Waals surface area (Å²) in [6.45, 7) is 0. The molecule has 0 unspecified atom stereocenters. The van der Waals surface area contributed by atoms with Crippen molar-refractivity contribution in [1.29, 1.82) is 0 Å². The standard InChI is InChI=1S/C66H40N2S4/c1-4-16-43(17-5-1)67(44-18-6-2-7-19-44)47-37-52(65-57(39-47)50-23-11-14-26-60(50)71-65)41-28-31-62-54(34-41)55-35-42(29-32-63(55)70-62)53-38-48(40-58-51-24-12-15-27-61(51)72-66(53)58)68(45-20-8-3-9-21-45)46-30-33-64-56(36-46)49-22-10-13-25-59(49)69-64/h1-40H. The minimum Gasteiger partial charge on any atom is -0.310 e. The molecule has 0 amide bonds. The number of thiophene rings is 4. The van der Waals surface area contributed by atoms with Crippen molar-refractivity contribution in [3.8, 4) is 22.3 Å². The van der Waals surface area contributed by atoms with E-state index in [2.05, 4.69) is 252 Å². The van der Waals surface area contributed by atoms with Crippen molar-refractivity contribution in [1.82, 2.24) is 0 Å². The van der Waals surface area contributed by atoms with Gasteiger partial charge < -0.3 is 9.80 Å². The summed E-state index contributed by atoms with van der Waals surface area (Å²) >= 11 is 7.53. The predicted octanol–water partition coefficient (Wildman–Crippen LogP) is 21.4. The van der Waals surface area contributed by atoms with Gasteiger partial charge in [-0.15, -0.1) is 45.3 Å². The van der Waals surface area contributed by atoms with Crippen LogP contribution in [0.2, 0.25) is 0 Å². The van der Waals surface area contributed by atoms with Gasteiger partial charge in [0, 0.05) is 126 Å². The summed E-state index contributed by atoms with van der Waals surface area (Å²) < 4.78 is 10.4. The molecule has 4 aromatic heterocycles. The number of anilines is 6. The summed E-state index contributed by atoms with van der Waals surface area (Å²) in [6, 6.07) is 89.9. The Morgan fingerprint density at radius 3 is 1.00 bits per heavy atom. The van der Waals surface area contributed by atoms with E-state index < -0.39 is 0 Å². The van der Waals surface area contributed by atoms with E-state index in [9.17, 15) is 0 Å². The van der Waals surface area contributed by atoms with Crippen LogP contribution >= 0.6 is 45.3 Å². The normalized spacial score (nSPS) is 11.9. The SMILES string of the molecule is c1ccc(N(c2ccccc2)c2cc(-c3ccc4sc5ccc(-c6cc(N(c7ccccc7)c7ccc8sc9ccccc9c8c7)cc7c6sc6ccccc67)cc5c4c3)c3sc4ccccc4c3c2)cc1. The zero-order valence-corrected chi connectivity index (χ0v) is 41.9. The molecule has 6 heteroatoms. The van der Waals surface area contributed by atoms with Gasteiger partial charge in [-0.05, 0) is 132 Å². The number of rotatable bonds is 8. The molecule has 11 aromatic carbocycles. The molecule has 4 heterocycles. The van der Waals surface area contributed by atoms with Crippen LogP contribution in [-0.2, 0) is 0 Å². The van der Waals surface area contributed by atoms with Crippen molar-refractivity contribution in [3.05, 3.63) is 243 Å². The highest BCUT2D eigenvalue weighted by atomic mass is 32.1. The zero-order chi connectivity index (χ0) is 47.3. The van der Waals surface area contributed by atoms with Crippen molar-refractivity contribution < 1.29 is 0 Å². The van der Waals surface area contributed by atoms with Crippen molar-refractivity contribution in [2.45, 2.75) is 0 Å². The lowest BCUT2D eigenvalue weighted by atomic mass is 9.97. The first kappa shape index (κ1) is 41.7. The van der Waals surface area contributed by atoms with E-state index >= 15 is 0 Å². The third-order valence-electron chi connectivity index (χ3n) is 14.2. The van der Waals surface area contributed by atoms with Crippen LogP contribution in [0.4, 0.5) is 34.1 Å². The average molecular weight is 989 g/mol. The maximum absolute atomic E-state index is 2.47. The van der Waals surface area contributed by atoms with E-state index in [1.54, 1.807) is 0 Å². The van der Waals surface area contributed by atoms with Gasteiger partial charge in [-0.2, -0.15) is 0 Å². The number of nitrogens with zero attached hydrogens (tertiary/aromatic N) is 2. The second-order valence-corrected chi connectivity index (χ2v) is 22.7. The van der Waals surface area contributed by atoms with Crippen LogP contribution < -0.4 is 9.80 Å². The fourth-order valence-corrected chi connectivity index (χ4v) is 15.5. The topological polar surface area (TPSA) is 6.48 Å². The predicted molar refractivity (Wildman–Crippen MR) is 318 cm³/mol. The fraction of sp³-hybridized carbons (Fsp3) is 0. The van der Waals surface area contributed by atoms with Gasteiger partial charge in [0.2, 0.25) is 0 Å². The maximum Gasteiger partial charge on any atom is 0.0475 e. The van der Waals surface area contributed by atoms with Gasteiger partial charge in [0.25, 0.3) is 0 Å². The molecule has 15 aromatic rings. The third kappa shape index (κ3) is 6.79. The number of benzene rings is 11. The molecule has 0 radical (unpaired) electrons. The first-order chi connectivity index (χ1) is 35.7. The summed E-state index contributed by atoms with van der Waals surface area (Å²) in [5.74, 6) is 0. The second-order valence-electron chi connectivity index (χ2n) is 18.4. The molecule has 72 heavy (non-hydrogen) atoms. The Labute approximate surface area is 431 Å². The molecule has 0 atom stereocenters. The van der Waals surface area contributed by atoms with Crippen LogP contribution in [0.1, 0.15) is 0 Å². The highest BCUT2D eigenvalue weighted by Gasteiger charge is 2.22.